The molecule has 2 saturated heterocycles. The van der Waals surface area contributed by atoms with Gasteiger partial charge in [-0.05, 0) is 57.5 Å². The van der Waals surface area contributed by atoms with Crippen LogP contribution in [0, 0.1) is 11.8 Å². The molecule has 4 heteroatoms. The maximum Gasteiger partial charge on any atom is 0.220 e. The van der Waals surface area contributed by atoms with Gasteiger partial charge < -0.3 is 16.0 Å². The maximum atomic E-state index is 12.3. The Kier molecular flexibility index (Phi) is 6.06. The van der Waals surface area contributed by atoms with Crippen molar-refractivity contribution in [1.29, 1.82) is 0 Å². The zero-order valence-corrected chi connectivity index (χ0v) is 14.0. The molecule has 3 N–H and O–H groups in total. The number of rotatable bonds is 6. The van der Waals surface area contributed by atoms with Gasteiger partial charge in [-0.2, -0.15) is 0 Å². The van der Waals surface area contributed by atoms with E-state index < -0.39 is 0 Å². The predicted octanol–water partition coefficient (Wildman–Crippen LogP) is 2.13. The smallest absolute Gasteiger partial charge is 0.220 e. The number of hydrogen-bond acceptors (Lipinski definition) is 3. The standard InChI is InChI=1S/C17H33N3O/c1-12(2)7-13(11-18)8-17(21)19-14-9-15-5-4-6-16(10-14)20(15)3/h12-16H,4-11,18H2,1-3H3,(H,19,21). The Hall–Kier alpha value is -0.610. The van der Waals surface area contributed by atoms with Crippen LogP contribution in [0.3, 0.4) is 0 Å². The number of carbonyl (C=O) groups is 1. The average molecular weight is 295 g/mol. The Morgan fingerprint density at radius 1 is 1.29 bits per heavy atom. The second-order valence-corrected chi connectivity index (χ2v) is 7.58. The van der Waals surface area contributed by atoms with Crippen LogP contribution in [0.2, 0.25) is 0 Å². The average Bonchev–Trinajstić information content (AvgIpc) is 2.38. The molecular weight excluding hydrogens is 262 g/mol. The van der Waals surface area contributed by atoms with Gasteiger partial charge in [0.05, 0.1) is 0 Å². The number of nitrogens with one attached hydrogen (secondary N) is 1. The minimum Gasteiger partial charge on any atom is -0.353 e. The summed E-state index contributed by atoms with van der Waals surface area (Å²) in [5, 5.41) is 3.28. The molecule has 2 aliphatic heterocycles. The van der Waals surface area contributed by atoms with E-state index in [-0.39, 0.29) is 5.91 Å². The minimum atomic E-state index is 0.207. The van der Waals surface area contributed by atoms with E-state index in [2.05, 4.69) is 31.1 Å². The largest absolute Gasteiger partial charge is 0.353 e. The summed E-state index contributed by atoms with van der Waals surface area (Å²) >= 11 is 0. The Balaban J connectivity index is 1.80. The predicted molar refractivity (Wildman–Crippen MR) is 87.0 cm³/mol. The molecule has 3 unspecified atom stereocenters. The van der Waals surface area contributed by atoms with E-state index in [0.717, 1.165) is 19.3 Å². The number of hydrogen-bond donors (Lipinski definition) is 2. The Bertz CT molecular complexity index is 331. The van der Waals surface area contributed by atoms with Gasteiger partial charge in [-0.1, -0.05) is 20.3 Å². The summed E-state index contributed by atoms with van der Waals surface area (Å²) in [5.74, 6) is 1.14. The van der Waals surface area contributed by atoms with Gasteiger partial charge in [0.25, 0.3) is 0 Å². The van der Waals surface area contributed by atoms with Gasteiger partial charge in [-0.15, -0.1) is 0 Å². The number of fused-ring (bicyclic) bond motifs is 2. The quantitative estimate of drug-likeness (QED) is 0.789. The SMILES string of the molecule is CC(C)CC(CN)CC(=O)NC1CC2CCCC(C1)N2C. The van der Waals surface area contributed by atoms with Crippen molar-refractivity contribution in [1.82, 2.24) is 10.2 Å². The van der Waals surface area contributed by atoms with Crippen LogP contribution in [0.15, 0.2) is 0 Å². The first-order valence-electron chi connectivity index (χ1n) is 8.71. The van der Waals surface area contributed by atoms with Crippen LogP contribution in [-0.4, -0.2) is 42.5 Å². The zero-order valence-electron chi connectivity index (χ0n) is 14.0. The minimum absolute atomic E-state index is 0.207. The molecule has 2 rings (SSSR count). The molecular formula is C17H33N3O. The van der Waals surface area contributed by atoms with E-state index in [4.69, 9.17) is 5.73 Å². The monoisotopic (exact) mass is 295 g/mol. The molecule has 0 saturated carbocycles. The van der Waals surface area contributed by atoms with Crippen molar-refractivity contribution < 1.29 is 4.79 Å². The first-order chi connectivity index (χ1) is 9.99. The number of nitrogens with two attached hydrogens (primary N) is 1. The fourth-order valence-corrected chi connectivity index (χ4v) is 4.21. The number of nitrogens with zero attached hydrogens (tertiary/aromatic N) is 1. The molecule has 3 atom stereocenters. The van der Waals surface area contributed by atoms with E-state index >= 15 is 0 Å². The van der Waals surface area contributed by atoms with Gasteiger partial charge in [-0.25, -0.2) is 0 Å². The van der Waals surface area contributed by atoms with Crippen molar-refractivity contribution in [3.05, 3.63) is 0 Å². The molecule has 0 spiro atoms. The lowest BCUT2D eigenvalue weighted by molar-refractivity contribution is -0.123. The molecule has 4 nitrogen and oxygen atoms in total. The zero-order chi connectivity index (χ0) is 15.4. The summed E-state index contributed by atoms with van der Waals surface area (Å²) in [7, 11) is 2.25. The van der Waals surface area contributed by atoms with Crippen molar-refractivity contribution in [2.24, 2.45) is 17.6 Å². The summed E-state index contributed by atoms with van der Waals surface area (Å²) in [4.78, 5) is 14.8. The van der Waals surface area contributed by atoms with Crippen molar-refractivity contribution >= 4 is 5.91 Å². The summed E-state index contributed by atoms with van der Waals surface area (Å²) < 4.78 is 0. The van der Waals surface area contributed by atoms with Crippen LogP contribution in [0.1, 0.15) is 58.8 Å². The lowest BCUT2D eigenvalue weighted by Crippen LogP contribution is -2.55. The maximum absolute atomic E-state index is 12.3. The lowest BCUT2D eigenvalue weighted by atomic mass is 9.82. The van der Waals surface area contributed by atoms with Crippen LogP contribution in [0.25, 0.3) is 0 Å². The van der Waals surface area contributed by atoms with E-state index in [1.807, 2.05) is 0 Å². The molecule has 21 heavy (non-hydrogen) atoms. The van der Waals surface area contributed by atoms with Crippen LogP contribution in [-0.2, 0) is 4.79 Å². The summed E-state index contributed by atoms with van der Waals surface area (Å²) in [5.41, 5.74) is 5.81. The van der Waals surface area contributed by atoms with Crippen molar-refractivity contribution in [2.75, 3.05) is 13.6 Å². The molecule has 0 aromatic heterocycles. The third-order valence-corrected chi connectivity index (χ3v) is 5.32. The van der Waals surface area contributed by atoms with Gasteiger partial charge >= 0.3 is 0 Å². The van der Waals surface area contributed by atoms with Gasteiger partial charge in [0.2, 0.25) is 5.91 Å². The molecule has 2 fully saturated rings. The summed E-state index contributed by atoms with van der Waals surface area (Å²) in [6, 6.07) is 1.72. The normalized spacial score (nSPS) is 31.2. The fourth-order valence-electron chi connectivity index (χ4n) is 4.21. The van der Waals surface area contributed by atoms with E-state index in [9.17, 15) is 4.79 Å². The van der Waals surface area contributed by atoms with E-state index in [0.29, 0.717) is 42.9 Å². The lowest BCUT2D eigenvalue weighted by Gasteiger charge is -2.47. The molecule has 0 aromatic rings. The van der Waals surface area contributed by atoms with Crippen molar-refractivity contribution in [3.8, 4) is 0 Å². The van der Waals surface area contributed by atoms with Gasteiger partial charge in [0.1, 0.15) is 0 Å². The third kappa shape index (κ3) is 4.68. The van der Waals surface area contributed by atoms with Crippen molar-refractivity contribution in [2.45, 2.75) is 76.9 Å². The number of piperidine rings is 2. The van der Waals surface area contributed by atoms with Crippen LogP contribution >= 0.6 is 0 Å². The van der Waals surface area contributed by atoms with Crippen LogP contribution in [0.4, 0.5) is 0 Å². The van der Waals surface area contributed by atoms with Crippen LogP contribution in [0.5, 0.6) is 0 Å². The summed E-state index contributed by atoms with van der Waals surface area (Å²) in [6.45, 7) is 5.00. The second kappa shape index (κ2) is 7.59. The van der Waals surface area contributed by atoms with E-state index in [1.54, 1.807) is 0 Å². The van der Waals surface area contributed by atoms with Gasteiger partial charge in [0.15, 0.2) is 0 Å². The highest BCUT2D eigenvalue weighted by molar-refractivity contribution is 5.76. The van der Waals surface area contributed by atoms with Crippen LogP contribution < -0.4 is 11.1 Å². The van der Waals surface area contributed by atoms with Crippen molar-refractivity contribution in [3.63, 3.8) is 0 Å². The fraction of sp³-hybridized carbons (Fsp3) is 0.941. The summed E-state index contributed by atoms with van der Waals surface area (Å²) in [6.07, 6.45) is 7.81. The number of amides is 1. The van der Waals surface area contributed by atoms with Gasteiger partial charge in [0, 0.05) is 24.5 Å². The van der Waals surface area contributed by atoms with Gasteiger partial charge in [-0.3, -0.25) is 4.79 Å². The first-order valence-corrected chi connectivity index (χ1v) is 8.71. The molecule has 0 aromatic carbocycles. The molecule has 2 heterocycles. The molecule has 1 amide bonds. The van der Waals surface area contributed by atoms with E-state index in [1.165, 1.54) is 19.3 Å². The molecule has 2 aliphatic rings. The highest BCUT2D eigenvalue weighted by atomic mass is 16.1. The molecule has 122 valence electrons. The second-order valence-electron chi connectivity index (χ2n) is 7.58. The molecule has 0 radical (unpaired) electrons. The third-order valence-electron chi connectivity index (χ3n) is 5.32. The highest BCUT2D eigenvalue weighted by Crippen LogP contribution is 2.32. The number of carbonyl (C=O) groups excluding carboxylic acids is 1. The Labute approximate surface area is 129 Å². The Morgan fingerprint density at radius 2 is 1.90 bits per heavy atom. The molecule has 2 bridgehead atoms. The first kappa shape index (κ1) is 16.8. The topological polar surface area (TPSA) is 58.4 Å². The molecule has 0 aliphatic carbocycles. The highest BCUT2D eigenvalue weighted by Gasteiger charge is 2.36. The Morgan fingerprint density at radius 3 is 2.43 bits per heavy atom.